The van der Waals surface area contributed by atoms with Crippen LogP contribution < -0.4 is 0 Å². The third-order valence-electron chi connectivity index (χ3n) is 2.34. The van der Waals surface area contributed by atoms with Gasteiger partial charge in [-0.05, 0) is 30.5 Å². The zero-order chi connectivity index (χ0) is 9.97. The van der Waals surface area contributed by atoms with E-state index in [0.717, 1.165) is 11.1 Å². The van der Waals surface area contributed by atoms with Crippen molar-refractivity contribution in [2.45, 2.75) is 12.8 Å². The molecular formula is C11H12FNO. The fourth-order valence-corrected chi connectivity index (χ4v) is 1.67. The van der Waals surface area contributed by atoms with E-state index in [0.29, 0.717) is 18.2 Å². The standard InChI is InChI=1S/C11H12FNO/c12-9-4-1-5-10-11(9)8(7-13-10)3-2-6-14/h1,4-5,7,13-14H,2-3,6H2. The van der Waals surface area contributed by atoms with Gasteiger partial charge >= 0.3 is 0 Å². The Morgan fingerprint density at radius 1 is 1.36 bits per heavy atom. The van der Waals surface area contributed by atoms with E-state index in [9.17, 15) is 4.39 Å². The maximum absolute atomic E-state index is 13.4. The average molecular weight is 193 g/mol. The molecule has 2 aromatic rings. The van der Waals surface area contributed by atoms with Gasteiger partial charge in [-0.15, -0.1) is 0 Å². The van der Waals surface area contributed by atoms with Crippen molar-refractivity contribution in [3.63, 3.8) is 0 Å². The molecule has 0 fully saturated rings. The van der Waals surface area contributed by atoms with E-state index in [1.54, 1.807) is 6.07 Å². The lowest BCUT2D eigenvalue weighted by atomic mass is 10.1. The first-order valence-electron chi connectivity index (χ1n) is 4.68. The third-order valence-corrected chi connectivity index (χ3v) is 2.34. The molecule has 1 aromatic heterocycles. The van der Waals surface area contributed by atoms with E-state index in [1.807, 2.05) is 12.3 Å². The molecule has 14 heavy (non-hydrogen) atoms. The zero-order valence-electron chi connectivity index (χ0n) is 7.76. The summed E-state index contributed by atoms with van der Waals surface area (Å²) in [5.41, 5.74) is 1.75. The van der Waals surface area contributed by atoms with Gasteiger partial charge in [0.2, 0.25) is 0 Å². The van der Waals surface area contributed by atoms with Crippen LogP contribution >= 0.6 is 0 Å². The molecule has 2 N–H and O–H groups in total. The Labute approximate surface area is 81.4 Å². The van der Waals surface area contributed by atoms with E-state index in [4.69, 9.17) is 5.11 Å². The molecule has 2 nitrogen and oxygen atoms in total. The maximum Gasteiger partial charge on any atom is 0.132 e. The second kappa shape index (κ2) is 3.80. The SMILES string of the molecule is OCCCc1c[nH]c2cccc(F)c12. The van der Waals surface area contributed by atoms with Crippen LogP contribution in [0.4, 0.5) is 4.39 Å². The highest BCUT2D eigenvalue weighted by atomic mass is 19.1. The minimum absolute atomic E-state index is 0.140. The molecule has 2 rings (SSSR count). The number of aromatic amines is 1. The molecule has 1 heterocycles. The second-order valence-electron chi connectivity index (χ2n) is 3.30. The Morgan fingerprint density at radius 3 is 3.00 bits per heavy atom. The van der Waals surface area contributed by atoms with Gasteiger partial charge in [0.25, 0.3) is 0 Å². The van der Waals surface area contributed by atoms with Crippen molar-refractivity contribution in [2.75, 3.05) is 6.61 Å². The van der Waals surface area contributed by atoms with Crippen molar-refractivity contribution < 1.29 is 9.50 Å². The molecule has 0 saturated heterocycles. The van der Waals surface area contributed by atoms with Crippen LogP contribution in [0.25, 0.3) is 10.9 Å². The number of aliphatic hydroxyl groups excluding tert-OH is 1. The topological polar surface area (TPSA) is 36.0 Å². The summed E-state index contributed by atoms with van der Waals surface area (Å²) in [5, 5.41) is 9.36. The number of hydrogen-bond acceptors (Lipinski definition) is 1. The first-order valence-corrected chi connectivity index (χ1v) is 4.68. The summed E-state index contributed by atoms with van der Waals surface area (Å²) in [6.07, 6.45) is 3.18. The molecule has 0 aliphatic heterocycles. The number of rotatable bonds is 3. The van der Waals surface area contributed by atoms with Gasteiger partial charge in [-0.1, -0.05) is 6.07 Å². The van der Waals surface area contributed by atoms with Gasteiger partial charge in [0.1, 0.15) is 5.82 Å². The summed E-state index contributed by atoms with van der Waals surface area (Å²) < 4.78 is 13.4. The predicted octanol–water partition coefficient (Wildman–Crippen LogP) is 2.23. The van der Waals surface area contributed by atoms with Gasteiger partial charge in [-0.2, -0.15) is 0 Å². The summed E-state index contributed by atoms with van der Waals surface area (Å²) >= 11 is 0. The molecule has 0 aliphatic carbocycles. The fraction of sp³-hybridized carbons (Fsp3) is 0.273. The Kier molecular flexibility index (Phi) is 2.50. The Morgan fingerprint density at radius 2 is 2.21 bits per heavy atom. The van der Waals surface area contributed by atoms with E-state index < -0.39 is 0 Å². The zero-order valence-corrected chi connectivity index (χ0v) is 7.76. The van der Waals surface area contributed by atoms with Gasteiger partial charge in [0.15, 0.2) is 0 Å². The molecule has 3 heteroatoms. The molecule has 0 bridgehead atoms. The lowest BCUT2D eigenvalue weighted by Gasteiger charge is -1.97. The molecule has 0 saturated carbocycles. The second-order valence-corrected chi connectivity index (χ2v) is 3.30. The molecular weight excluding hydrogens is 181 g/mol. The molecule has 0 radical (unpaired) electrons. The van der Waals surface area contributed by atoms with Crippen molar-refractivity contribution >= 4 is 10.9 Å². The normalized spacial score (nSPS) is 11.0. The number of fused-ring (bicyclic) bond motifs is 1. The summed E-state index contributed by atoms with van der Waals surface area (Å²) in [5.74, 6) is -0.198. The van der Waals surface area contributed by atoms with Gasteiger partial charge in [0, 0.05) is 23.7 Å². The van der Waals surface area contributed by atoms with Crippen LogP contribution in [-0.4, -0.2) is 16.7 Å². The summed E-state index contributed by atoms with van der Waals surface area (Å²) in [6.45, 7) is 0.140. The first-order chi connectivity index (χ1) is 6.83. The van der Waals surface area contributed by atoms with Crippen LogP contribution in [0.2, 0.25) is 0 Å². The van der Waals surface area contributed by atoms with Crippen LogP contribution in [0.15, 0.2) is 24.4 Å². The van der Waals surface area contributed by atoms with Crippen LogP contribution in [0, 0.1) is 5.82 Å². The number of aryl methyl sites for hydroxylation is 1. The maximum atomic E-state index is 13.4. The van der Waals surface area contributed by atoms with Crippen molar-refractivity contribution in [3.8, 4) is 0 Å². The predicted molar refractivity (Wildman–Crippen MR) is 53.7 cm³/mol. The minimum atomic E-state index is -0.198. The molecule has 1 aromatic carbocycles. The van der Waals surface area contributed by atoms with Crippen LogP contribution in [0.3, 0.4) is 0 Å². The third kappa shape index (κ3) is 1.51. The van der Waals surface area contributed by atoms with E-state index in [-0.39, 0.29) is 12.4 Å². The number of hydrogen-bond donors (Lipinski definition) is 2. The number of halogens is 1. The molecule has 0 atom stereocenters. The first kappa shape index (κ1) is 9.21. The Bertz CT molecular complexity index is 436. The highest BCUT2D eigenvalue weighted by Gasteiger charge is 2.07. The molecule has 0 amide bonds. The smallest absolute Gasteiger partial charge is 0.132 e. The van der Waals surface area contributed by atoms with Crippen molar-refractivity contribution in [2.24, 2.45) is 0 Å². The van der Waals surface area contributed by atoms with E-state index in [2.05, 4.69) is 4.98 Å². The molecule has 0 spiro atoms. The highest BCUT2D eigenvalue weighted by molar-refractivity contribution is 5.83. The van der Waals surface area contributed by atoms with Gasteiger partial charge in [-0.3, -0.25) is 0 Å². The molecule has 0 aliphatic rings. The number of aromatic nitrogens is 1. The monoisotopic (exact) mass is 193 g/mol. The molecule has 74 valence electrons. The van der Waals surface area contributed by atoms with E-state index >= 15 is 0 Å². The van der Waals surface area contributed by atoms with Gasteiger partial charge in [-0.25, -0.2) is 4.39 Å². The van der Waals surface area contributed by atoms with Crippen molar-refractivity contribution in [3.05, 3.63) is 35.8 Å². The number of aliphatic hydroxyl groups is 1. The van der Waals surface area contributed by atoms with Crippen molar-refractivity contribution in [1.82, 2.24) is 4.98 Å². The Balaban J connectivity index is 2.45. The summed E-state index contributed by atoms with van der Waals surface area (Å²) in [7, 11) is 0. The number of H-pyrrole nitrogens is 1. The van der Waals surface area contributed by atoms with Crippen molar-refractivity contribution in [1.29, 1.82) is 0 Å². The summed E-state index contributed by atoms with van der Waals surface area (Å²) in [6, 6.07) is 4.99. The number of nitrogens with one attached hydrogen (secondary N) is 1. The van der Waals surface area contributed by atoms with Crippen LogP contribution in [0.5, 0.6) is 0 Å². The highest BCUT2D eigenvalue weighted by Crippen LogP contribution is 2.22. The average Bonchev–Trinajstić information content (AvgIpc) is 2.59. The number of benzene rings is 1. The Hall–Kier alpha value is -1.35. The van der Waals surface area contributed by atoms with Gasteiger partial charge in [0.05, 0.1) is 0 Å². The van der Waals surface area contributed by atoms with Crippen LogP contribution in [0.1, 0.15) is 12.0 Å². The molecule has 0 unspecified atom stereocenters. The lowest BCUT2D eigenvalue weighted by molar-refractivity contribution is 0.288. The lowest BCUT2D eigenvalue weighted by Crippen LogP contribution is -1.89. The van der Waals surface area contributed by atoms with Crippen LogP contribution in [-0.2, 0) is 6.42 Å². The van der Waals surface area contributed by atoms with E-state index in [1.165, 1.54) is 6.07 Å². The minimum Gasteiger partial charge on any atom is -0.396 e. The van der Waals surface area contributed by atoms with Gasteiger partial charge < -0.3 is 10.1 Å². The largest absolute Gasteiger partial charge is 0.396 e. The quantitative estimate of drug-likeness (QED) is 0.770. The summed E-state index contributed by atoms with van der Waals surface area (Å²) in [4.78, 5) is 3.02. The fourth-order valence-electron chi connectivity index (χ4n) is 1.67.